The first-order valence-electron chi connectivity index (χ1n) is 8.19. The van der Waals surface area contributed by atoms with Crippen LogP contribution in [0.2, 0.25) is 0 Å². The maximum absolute atomic E-state index is 13.9. The van der Waals surface area contributed by atoms with E-state index in [9.17, 15) is 22.4 Å². The molecule has 26 heavy (non-hydrogen) atoms. The summed E-state index contributed by atoms with van der Waals surface area (Å²) >= 11 is 0. The van der Waals surface area contributed by atoms with E-state index in [4.69, 9.17) is 9.84 Å². The summed E-state index contributed by atoms with van der Waals surface area (Å²) in [6.07, 6.45) is 3.03. The van der Waals surface area contributed by atoms with Crippen molar-refractivity contribution in [1.82, 2.24) is 9.03 Å². The van der Waals surface area contributed by atoms with Crippen LogP contribution in [-0.2, 0) is 10.2 Å². The van der Waals surface area contributed by atoms with Gasteiger partial charge in [0.2, 0.25) is 0 Å². The second kappa shape index (κ2) is 6.51. The molecule has 0 unspecified atom stereocenters. The van der Waals surface area contributed by atoms with Crippen LogP contribution in [0.4, 0.5) is 4.39 Å². The molecule has 1 heterocycles. The number of nitrogens with one attached hydrogen (secondary N) is 1. The van der Waals surface area contributed by atoms with Gasteiger partial charge < -0.3 is 9.84 Å². The van der Waals surface area contributed by atoms with E-state index in [-0.39, 0.29) is 23.3 Å². The highest BCUT2D eigenvalue weighted by atomic mass is 32.2. The lowest BCUT2D eigenvalue weighted by molar-refractivity contribution is -0.00859. The number of nitrogens with zero attached hydrogens (tertiary/aromatic N) is 1. The van der Waals surface area contributed by atoms with Gasteiger partial charge in [0.1, 0.15) is 11.6 Å². The highest BCUT2D eigenvalue weighted by molar-refractivity contribution is 7.87. The third-order valence-corrected chi connectivity index (χ3v) is 6.22. The fraction of sp³-hybridized carbons (Fsp3) is 0.500. The van der Waals surface area contributed by atoms with Crippen LogP contribution in [0.3, 0.4) is 0 Å². The van der Waals surface area contributed by atoms with Crippen molar-refractivity contribution in [2.45, 2.75) is 26.2 Å². The number of benzene rings is 1. The molecule has 2 fully saturated rings. The molecule has 2 aliphatic rings. The molecule has 1 aromatic carbocycles. The summed E-state index contributed by atoms with van der Waals surface area (Å²) in [5.41, 5.74) is -0.997. The second-order valence-electron chi connectivity index (χ2n) is 6.62. The summed E-state index contributed by atoms with van der Waals surface area (Å²) in [5, 5.41) is 8.97. The van der Waals surface area contributed by atoms with E-state index < -0.39 is 33.5 Å². The topological polar surface area (TPSA) is 113 Å². The summed E-state index contributed by atoms with van der Waals surface area (Å²) < 4.78 is 46.8. The number of carbonyl (C=O) groups is 2. The van der Waals surface area contributed by atoms with Crippen molar-refractivity contribution in [3.63, 3.8) is 0 Å². The van der Waals surface area contributed by atoms with Crippen LogP contribution in [0.25, 0.3) is 0 Å². The average molecular weight is 386 g/mol. The molecule has 2 N–H and O–H groups in total. The molecule has 0 aromatic heterocycles. The number of carboxylic acid groups (broad SMARTS) is 1. The van der Waals surface area contributed by atoms with Crippen LogP contribution in [0.1, 0.15) is 46.9 Å². The zero-order chi connectivity index (χ0) is 19.1. The molecule has 0 atom stereocenters. The second-order valence-corrected chi connectivity index (χ2v) is 8.29. The van der Waals surface area contributed by atoms with Gasteiger partial charge in [0.05, 0.1) is 17.7 Å². The Hall–Kier alpha value is -2.20. The van der Waals surface area contributed by atoms with Crippen LogP contribution in [0, 0.1) is 11.2 Å². The number of carboxylic acids is 1. The molecule has 1 aromatic rings. The number of ether oxygens (including phenoxy) is 1. The third kappa shape index (κ3) is 3.26. The fourth-order valence-corrected chi connectivity index (χ4v) is 4.63. The van der Waals surface area contributed by atoms with Gasteiger partial charge in [-0.3, -0.25) is 4.79 Å². The number of carbonyl (C=O) groups excluding carboxylic acids is 1. The van der Waals surface area contributed by atoms with Crippen molar-refractivity contribution in [1.29, 1.82) is 0 Å². The number of amides is 1. The molecule has 1 spiro atoms. The van der Waals surface area contributed by atoms with Crippen LogP contribution in [0.5, 0.6) is 5.75 Å². The van der Waals surface area contributed by atoms with E-state index >= 15 is 0 Å². The van der Waals surface area contributed by atoms with Crippen molar-refractivity contribution in [3.8, 4) is 5.75 Å². The van der Waals surface area contributed by atoms with E-state index in [1.165, 1.54) is 4.31 Å². The lowest BCUT2D eigenvalue weighted by Gasteiger charge is -2.54. The quantitative estimate of drug-likeness (QED) is 0.764. The normalized spacial score (nSPS) is 18.7. The van der Waals surface area contributed by atoms with Gasteiger partial charge in [0, 0.05) is 13.1 Å². The summed E-state index contributed by atoms with van der Waals surface area (Å²) in [7, 11) is -4.05. The maximum atomic E-state index is 13.9. The highest BCUT2D eigenvalue weighted by Crippen LogP contribution is 2.48. The zero-order valence-corrected chi connectivity index (χ0v) is 14.9. The van der Waals surface area contributed by atoms with E-state index in [0.29, 0.717) is 19.2 Å². The smallest absolute Gasteiger partial charge is 0.338 e. The molecule has 0 bridgehead atoms. The molecule has 10 heteroatoms. The standard InChI is InChI=1S/C16H19FN2O6S/c1-2-25-13-7-10(15(21)22)12(17)6-11(13)14(20)18-26(23,24)19-8-16(9-19)4-3-5-16/h6-7H,2-5,8-9H2,1H3,(H,18,20)(H,21,22). The largest absolute Gasteiger partial charge is 0.493 e. The van der Waals surface area contributed by atoms with Crippen molar-refractivity contribution >= 4 is 22.1 Å². The highest BCUT2D eigenvalue weighted by Gasteiger charge is 2.51. The molecular weight excluding hydrogens is 367 g/mol. The fourth-order valence-electron chi connectivity index (χ4n) is 3.27. The van der Waals surface area contributed by atoms with Crippen molar-refractivity contribution < 1.29 is 32.2 Å². The Morgan fingerprint density at radius 2 is 1.96 bits per heavy atom. The van der Waals surface area contributed by atoms with Crippen molar-refractivity contribution in [2.24, 2.45) is 5.41 Å². The lowest BCUT2D eigenvalue weighted by Crippen LogP contribution is -2.63. The third-order valence-electron chi connectivity index (χ3n) is 4.84. The van der Waals surface area contributed by atoms with Crippen LogP contribution < -0.4 is 9.46 Å². The summed E-state index contributed by atoms with van der Waals surface area (Å²) in [4.78, 5) is 23.4. The first kappa shape index (κ1) is 18.6. The van der Waals surface area contributed by atoms with Gasteiger partial charge in [-0.2, -0.15) is 12.7 Å². The van der Waals surface area contributed by atoms with Crippen molar-refractivity contribution in [2.75, 3.05) is 19.7 Å². The number of halogens is 1. The summed E-state index contributed by atoms with van der Waals surface area (Å²) in [6, 6.07) is 1.54. The minimum Gasteiger partial charge on any atom is -0.493 e. The van der Waals surface area contributed by atoms with E-state index in [1.54, 1.807) is 6.92 Å². The van der Waals surface area contributed by atoms with Crippen LogP contribution >= 0.6 is 0 Å². The zero-order valence-electron chi connectivity index (χ0n) is 14.1. The van der Waals surface area contributed by atoms with Gasteiger partial charge >= 0.3 is 16.2 Å². The van der Waals surface area contributed by atoms with Gasteiger partial charge in [-0.05, 0) is 37.3 Å². The molecule has 1 aliphatic heterocycles. The molecule has 1 amide bonds. The Morgan fingerprint density at radius 3 is 2.46 bits per heavy atom. The number of rotatable bonds is 6. The van der Waals surface area contributed by atoms with Gasteiger partial charge in [0.15, 0.2) is 0 Å². The van der Waals surface area contributed by atoms with Gasteiger partial charge in [-0.25, -0.2) is 13.9 Å². The molecular formula is C16H19FN2O6S. The first-order chi connectivity index (χ1) is 12.2. The van der Waals surface area contributed by atoms with E-state index in [0.717, 1.165) is 25.3 Å². The van der Waals surface area contributed by atoms with Gasteiger partial charge in [-0.15, -0.1) is 0 Å². The average Bonchev–Trinajstić information content (AvgIpc) is 2.44. The Kier molecular flexibility index (Phi) is 4.65. The SMILES string of the molecule is CCOc1cc(C(=O)O)c(F)cc1C(=O)NS(=O)(=O)N1CC2(CCC2)C1. The Bertz CT molecular complexity index is 858. The lowest BCUT2D eigenvalue weighted by atomic mass is 9.65. The molecule has 142 valence electrons. The Labute approximate surface area is 150 Å². The van der Waals surface area contributed by atoms with Gasteiger partial charge in [-0.1, -0.05) is 6.42 Å². The van der Waals surface area contributed by atoms with E-state index in [1.807, 2.05) is 4.72 Å². The molecule has 8 nitrogen and oxygen atoms in total. The summed E-state index contributed by atoms with van der Waals surface area (Å²) in [5.74, 6) is -3.94. The van der Waals surface area contributed by atoms with Crippen LogP contribution in [0.15, 0.2) is 12.1 Å². The predicted molar refractivity (Wildman–Crippen MR) is 88.8 cm³/mol. The number of aromatic carboxylic acids is 1. The minimum absolute atomic E-state index is 0.0452. The first-order valence-corrected chi connectivity index (χ1v) is 9.63. The molecule has 1 saturated heterocycles. The minimum atomic E-state index is -4.05. The Morgan fingerprint density at radius 1 is 1.31 bits per heavy atom. The molecule has 0 radical (unpaired) electrons. The van der Waals surface area contributed by atoms with Gasteiger partial charge in [0.25, 0.3) is 5.91 Å². The van der Waals surface area contributed by atoms with Crippen LogP contribution in [-0.4, -0.2) is 49.4 Å². The summed E-state index contributed by atoms with van der Waals surface area (Å²) in [6.45, 7) is 2.41. The predicted octanol–water partition coefficient (Wildman–Crippen LogP) is 1.38. The Balaban J connectivity index is 1.80. The number of hydrogen-bond donors (Lipinski definition) is 2. The monoisotopic (exact) mass is 386 g/mol. The maximum Gasteiger partial charge on any atom is 0.338 e. The van der Waals surface area contributed by atoms with E-state index in [2.05, 4.69) is 0 Å². The molecule has 3 rings (SSSR count). The molecule has 1 saturated carbocycles. The number of hydrogen-bond acceptors (Lipinski definition) is 5. The molecule has 1 aliphatic carbocycles. The van der Waals surface area contributed by atoms with Crippen molar-refractivity contribution in [3.05, 3.63) is 29.1 Å².